The Morgan fingerprint density at radius 2 is 1.76 bits per heavy atom. The number of carbonyl (C=O) groups excluding carboxylic acids is 3. The highest BCUT2D eigenvalue weighted by molar-refractivity contribution is 6.12. The second kappa shape index (κ2) is 6.14. The van der Waals surface area contributed by atoms with Crippen molar-refractivity contribution in [2.24, 2.45) is 5.73 Å². The molecular weight excluding hydrogens is 320 g/mol. The Morgan fingerprint density at radius 1 is 1.12 bits per heavy atom. The van der Waals surface area contributed by atoms with E-state index in [1.54, 1.807) is 48.5 Å². The fourth-order valence-electron chi connectivity index (χ4n) is 3.06. The first-order chi connectivity index (χ1) is 11.8. The standard InChI is InChI=1S/C19H18N2O4/c1-12-6-8-13(9-7-12)16(22)10-19(25)14-4-2-3-5-15(14)21(18(19)24)11-17(20)23/h2-9,25H,10-11H2,1H3,(H2,20,23)/t19-/m1/s1. The van der Waals surface area contributed by atoms with Crippen molar-refractivity contribution in [3.05, 3.63) is 65.2 Å². The fraction of sp³-hybridized carbons (Fsp3) is 0.211. The van der Waals surface area contributed by atoms with E-state index in [1.165, 1.54) is 0 Å². The third kappa shape index (κ3) is 2.92. The number of para-hydroxylation sites is 1. The molecule has 0 saturated carbocycles. The molecule has 0 spiro atoms. The number of aryl methyl sites for hydroxylation is 1. The van der Waals surface area contributed by atoms with Crippen LogP contribution in [0.25, 0.3) is 0 Å². The number of Topliss-reactive ketones (excluding diaryl/α,β-unsaturated/α-hetero) is 1. The molecule has 3 rings (SSSR count). The first kappa shape index (κ1) is 16.9. The maximum absolute atomic E-state index is 12.8. The van der Waals surface area contributed by atoms with E-state index in [4.69, 9.17) is 5.73 Å². The van der Waals surface area contributed by atoms with Gasteiger partial charge in [0.15, 0.2) is 11.4 Å². The van der Waals surface area contributed by atoms with Crippen LogP contribution < -0.4 is 10.6 Å². The highest BCUT2D eigenvalue weighted by Crippen LogP contribution is 2.42. The Kier molecular flexibility index (Phi) is 4.14. The molecule has 0 unspecified atom stereocenters. The molecule has 128 valence electrons. The van der Waals surface area contributed by atoms with Gasteiger partial charge in [-0.1, -0.05) is 48.0 Å². The second-order valence-electron chi connectivity index (χ2n) is 6.20. The van der Waals surface area contributed by atoms with E-state index in [0.29, 0.717) is 16.8 Å². The number of anilines is 1. The number of hydrogen-bond donors (Lipinski definition) is 2. The van der Waals surface area contributed by atoms with Crippen LogP contribution in [0.3, 0.4) is 0 Å². The number of ketones is 1. The Balaban J connectivity index is 1.96. The van der Waals surface area contributed by atoms with Crippen LogP contribution in [-0.4, -0.2) is 29.2 Å². The molecule has 2 amide bonds. The van der Waals surface area contributed by atoms with Gasteiger partial charge in [0.1, 0.15) is 6.54 Å². The van der Waals surface area contributed by atoms with Gasteiger partial charge < -0.3 is 10.8 Å². The zero-order valence-corrected chi connectivity index (χ0v) is 13.7. The number of hydrogen-bond acceptors (Lipinski definition) is 4. The van der Waals surface area contributed by atoms with Crippen LogP contribution in [-0.2, 0) is 15.2 Å². The quantitative estimate of drug-likeness (QED) is 0.802. The number of amides is 2. The summed E-state index contributed by atoms with van der Waals surface area (Å²) in [4.78, 5) is 37.7. The Hall–Kier alpha value is -2.99. The topological polar surface area (TPSA) is 101 Å². The highest BCUT2D eigenvalue weighted by Gasteiger charge is 2.51. The average Bonchev–Trinajstić information content (AvgIpc) is 2.77. The molecule has 0 aromatic heterocycles. The van der Waals surface area contributed by atoms with Gasteiger partial charge in [0, 0.05) is 11.1 Å². The molecule has 6 nitrogen and oxygen atoms in total. The minimum atomic E-state index is -2.01. The second-order valence-corrected chi connectivity index (χ2v) is 6.20. The number of carbonyl (C=O) groups is 3. The predicted octanol–water partition coefficient (Wildman–Crippen LogP) is 1.29. The average molecular weight is 338 g/mol. The van der Waals surface area contributed by atoms with Gasteiger partial charge in [-0.3, -0.25) is 19.3 Å². The molecule has 6 heteroatoms. The molecule has 1 aliphatic rings. The van der Waals surface area contributed by atoms with Crippen LogP contribution >= 0.6 is 0 Å². The van der Waals surface area contributed by atoms with Crippen molar-refractivity contribution in [3.63, 3.8) is 0 Å². The summed E-state index contributed by atoms with van der Waals surface area (Å²) in [7, 11) is 0. The molecule has 1 aliphatic heterocycles. The Bertz CT molecular complexity index is 860. The van der Waals surface area contributed by atoms with Gasteiger partial charge in [-0.15, -0.1) is 0 Å². The predicted molar refractivity (Wildman–Crippen MR) is 92.0 cm³/mol. The number of fused-ring (bicyclic) bond motifs is 1. The summed E-state index contributed by atoms with van der Waals surface area (Å²) in [6.07, 6.45) is -0.402. The summed E-state index contributed by atoms with van der Waals surface area (Å²) in [6, 6.07) is 13.5. The lowest BCUT2D eigenvalue weighted by Crippen LogP contribution is -2.44. The summed E-state index contributed by atoms with van der Waals surface area (Å²) in [5.41, 5.74) is 5.32. The molecule has 0 aliphatic carbocycles. The molecule has 3 N–H and O–H groups in total. The van der Waals surface area contributed by atoms with Crippen LogP contribution in [0, 0.1) is 6.92 Å². The summed E-state index contributed by atoms with van der Waals surface area (Å²) in [5.74, 6) is -1.77. The van der Waals surface area contributed by atoms with E-state index in [9.17, 15) is 19.5 Å². The molecule has 2 aromatic rings. The van der Waals surface area contributed by atoms with E-state index in [0.717, 1.165) is 10.5 Å². The van der Waals surface area contributed by atoms with Gasteiger partial charge in [-0.05, 0) is 13.0 Å². The Morgan fingerprint density at radius 3 is 2.40 bits per heavy atom. The van der Waals surface area contributed by atoms with Crippen molar-refractivity contribution in [1.82, 2.24) is 0 Å². The molecule has 1 atom stereocenters. The van der Waals surface area contributed by atoms with Gasteiger partial charge in [0.2, 0.25) is 5.91 Å². The highest BCUT2D eigenvalue weighted by atomic mass is 16.3. The normalized spacial score (nSPS) is 19.0. The lowest BCUT2D eigenvalue weighted by molar-refractivity contribution is -0.136. The maximum atomic E-state index is 12.8. The largest absolute Gasteiger partial charge is 0.375 e. The van der Waals surface area contributed by atoms with Crippen molar-refractivity contribution in [3.8, 4) is 0 Å². The smallest absolute Gasteiger partial charge is 0.264 e. The first-order valence-electron chi connectivity index (χ1n) is 7.85. The summed E-state index contributed by atoms with van der Waals surface area (Å²) in [6.45, 7) is 1.55. The number of rotatable bonds is 5. The van der Waals surface area contributed by atoms with Gasteiger partial charge in [-0.2, -0.15) is 0 Å². The van der Waals surface area contributed by atoms with Crippen LogP contribution in [0.2, 0.25) is 0 Å². The van der Waals surface area contributed by atoms with Gasteiger partial charge >= 0.3 is 0 Å². The molecule has 0 saturated heterocycles. The zero-order chi connectivity index (χ0) is 18.2. The summed E-state index contributed by atoms with van der Waals surface area (Å²) >= 11 is 0. The Labute approximate surface area is 144 Å². The van der Waals surface area contributed by atoms with Crippen molar-refractivity contribution >= 4 is 23.3 Å². The SMILES string of the molecule is Cc1ccc(C(=O)C[C@]2(O)C(=O)N(CC(N)=O)c3ccccc32)cc1. The van der Waals surface area contributed by atoms with Crippen molar-refractivity contribution in [2.45, 2.75) is 18.9 Å². The maximum Gasteiger partial charge on any atom is 0.264 e. The molecule has 0 radical (unpaired) electrons. The van der Waals surface area contributed by atoms with Crippen molar-refractivity contribution in [2.75, 3.05) is 11.4 Å². The van der Waals surface area contributed by atoms with E-state index in [-0.39, 0.29) is 12.3 Å². The number of nitrogens with two attached hydrogens (primary N) is 1. The van der Waals surface area contributed by atoms with E-state index < -0.39 is 23.8 Å². The van der Waals surface area contributed by atoms with Gasteiger partial charge in [-0.25, -0.2) is 0 Å². The zero-order valence-electron chi connectivity index (χ0n) is 13.7. The lowest BCUT2D eigenvalue weighted by atomic mass is 9.88. The number of primary amides is 1. The molecule has 2 aromatic carbocycles. The summed E-state index contributed by atoms with van der Waals surface area (Å²) < 4.78 is 0. The minimum Gasteiger partial charge on any atom is -0.375 e. The molecule has 0 fully saturated rings. The number of nitrogens with zero attached hydrogens (tertiary/aromatic N) is 1. The van der Waals surface area contributed by atoms with E-state index >= 15 is 0 Å². The number of benzene rings is 2. The first-order valence-corrected chi connectivity index (χ1v) is 7.85. The monoisotopic (exact) mass is 338 g/mol. The van der Waals surface area contributed by atoms with Crippen molar-refractivity contribution in [1.29, 1.82) is 0 Å². The van der Waals surface area contributed by atoms with E-state index in [1.807, 2.05) is 6.92 Å². The molecule has 0 bridgehead atoms. The van der Waals surface area contributed by atoms with E-state index in [2.05, 4.69) is 0 Å². The van der Waals surface area contributed by atoms with Crippen LogP contribution in [0.5, 0.6) is 0 Å². The third-order valence-electron chi connectivity index (χ3n) is 4.34. The summed E-state index contributed by atoms with van der Waals surface area (Å²) in [5, 5.41) is 11.0. The lowest BCUT2D eigenvalue weighted by Gasteiger charge is -2.22. The number of aliphatic hydroxyl groups is 1. The fourth-order valence-corrected chi connectivity index (χ4v) is 3.06. The van der Waals surface area contributed by atoms with Crippen LogP contribution in [0.4, 0.5) is 5.69 Å². The van der Waals surface area contributed by atoms with Crippen LogP contribution in [0.15, 0.2) is 48.5 Å². The van der Waals surface area contributed by atoms with Gasteiger partial charge in [0.25, 0.3) is 5.91 Å². The molecule has 1 heterocycles. The minimum absolute atomic E-state index is 0.307. The van der Waals surface area contributed by atoms with Gasteiger partial charge in [0.05, 0.1) is 12.1 Å². The molecular formula is C19H18N2O4. The van der Waals surface area contributed by atoms with Crippen molar-refractivity contribution < 1.29 is 19.5 Å². The molecule has 25 heavy (non-hydrogen) atoms. The third-order valence-corrected chi connectivity index (χ3v) is 4.34. The van der Waals surface area contributed by atoms with Crippen LogP contribution in [0.1, 0.15) is 27.9 Å².